The van der Waals surface area contributed by atoms with Gasteiger partial charge in [-0.2, -0.15) is 0 Å². The number of carbonyl (C=O) groups excluding carboxylic acids is 6. The molecule has 10 aromatic rings. The Balaban J connectivity index is 0.000000159. The lowest BCUT2D eigenvalue weighted by Gasteiger charge is -2.37. The van der Waals surface area contributed by atoms with E-state index in [4.69, 9.17) is 42.1 Å². The number of hydrogen-bond donors (Lipinski definition) is 0. The topological polar surface area (TPSA) is 225 Å². The number of benzene rings is 6. The molecule has 0 unspecified atom stereocenters. The highest BCUT2D eigenvalue weighted by Gasteiger charge is 2.35. The van der Waals surface area contributed by atoms with E-state index in [9.17, 15) is 51.9 Å². The summed E-state index contributed by atoms with van der Waals surface area (Å²) >= 11 is 13.9. The third kappa shape index (κ3) is 16.2. The van der Waals surface area contributed by atoms with Crippen LogP contribution in [0.2, 0.25) is 10.0 Å². The summed E-state index contributed by atoms with van der Waals surface area (Å²) in [4.78, 5) is 130. The van der Waals surface area contributed by atoms with E-state index in [-0.39, 0.29) is 66.6 Å². The van der Waals surface area contributed by atoms with Crippen LogP contribution in [0.15, 0.2) is 159 Å². The Morgan fingerprint density at radius 2 is 0.838 bits per heavy atom. The van der Waals surface area contributed by atoms with Gasteiger partial charge in [-0.3, -0.25) is 28.8 Å². The highest BCUT2D eigenvalue weighted by molar-refractivity contribution is 7.12. The van der Waals surface area contributed by atoms with Gasteiger partial charge >= 0.3 is 17.9 Å². The fourth-order valence-corrected chi connectivity index (χ4v) is 14.3. The lowest BCUT2D eigenvalue weighted by atomic mass is 10.0. The molecule has 3 amide bonds. The third-order valence-electron chi connectivity index (χ3n) is 18.6. The van der Waals surface area contributed by atoms with Gasteiger partial charge in [0.25, 0.3) is 34.4 Å². The van der Waals surface area contributed by atoms with Crippen LogP contribution in [0.4, 0.5) is 25.8 Å². The molecule has 7 heterocycles. The Morgan fingerprint density at radius 1 is 0.457 bits per heavy atom. The van der Waals surface area contributed by atoms with E-state index < -0.39 is 40.4 Å². The minimum atomic E-state index is -0.695. The zero-order chi connectivity index (χ0) is 74.9. The summed E-state index contributed by atoms with van der Waals surface area (Å²) in [6.07, 6.45) is 0. The second-order valence-electron chi connectivity index (χ2n) is 25.0. The maximum atomic E-state index is 14.0. The van der Waals surface area contributed by atoms with Crippen molar-refractivity contribution in [2.75, 3.05) is 120 Å². The zero-order valence-corrected chi connectivity index (χ0v) is 61.3. The molecule has 22 nitrogen and oxygen atoms in total. The van der Waals surface area contributed by atoms with Crippen LogP contribution >= 0.6 is 34.5 Å². The Morgan fingerprint density at radius 3 is 1.24 bits per heavy atom. The number of carbonyl (C=O) groups is 6. The van der Waals surface area contributed by atoms with Crippen LogP contribution in [0.1, 0.15) is 93.4 Å². The minimum Gasteiger partial charge on any atom is -0.497 e. The largest absolute Gasteiger partial charge is 0.497 e. The van der Waals surface area contributed by atoms with Crippen molar-refractivity contribution in [1.29, 1.82) is 0 Å². The van der Waals surface area contributed by atoms with Crippen molar-refractivity contribution in [2.45, 2.75) is 34.2 Å². The molecule has 0 aliphatic carbocycles. The van der Waals surface area contributed by atoms with Crippen LogP contribution in [0, 0.1) is 18.6 Å². The number of fused-ring (bicyclic) bond motifs is 3. The number of ether oxygens (including phenoxy) is 4. The van der Waals surface area contributed by atoms with Gasteiger partial charge in [0.2, 0.25) is 0 Å². The molecule has 0 saturated carbocycles. The predicted molar refractivity (Wildman–Crippen MR) is 403 cm³/mol. The van der Waals surface area contributed by atoms with Crippen LogP contribution in [0.5, 0.6) is 5.75 Å². The van der Waals surface area contributed by atoms with Crippen LogP contribution in [0.25, 0.3) is 32.7 Å². The van der Waals surface area contributed by atoms with Gasteiger partial charge in [-0.15, -0.1) is 11.3 Å². The molecule has 4 aromatic heterocycles. The monoisotopic (exact) mass is 1490 g/mol. The number of esters is 3. The number of rotatable bonds is 15. The molecular formula is C78H77Cl2F2N9O13S. The number of anilines is 3. The quantitative estimate of drug-likeness (QED) is 0.0687. The first-order chi connectivity index (χ1) is 50.5. The summed E-state index contributed by atoms with van der Waals surface area (Å²) in [6, 6.07) is 38.2. The third-order valence-corrected chi connectivity index (χ3v) is 19.9. The number of aryl methyl sites for hydroxylation is 3. The van der Waals surface area contributed by atoms with Gasteiger partial charge in [-0.05, 0) is 154 Å². The van der Waals surface area contributed by atoms with Crippen molar-refractivity contribution < 1.29 is 56.5 Å². The van der Waals surface area contributed by atoms with Crippen molar-refractivity contribution in [1.82, 2.24) is 28.4 Å². The second kappa shape index (κ2) is 33.3. The summed E-state index contributed by atoms with van der Waals surface area (Å²) in [5.41, 5.74) is 4.68. The molecule has 0 N–H and O–H groups in total. The fraction of sp³-hybridized carbons (Fsp3) is 0.295. The average molecular weight is 1490 g/mol. The molecule has 3 aliphatic rings. The molecule has 3 fully saturated rings. The normalized spacial score (nSPS) is 13.8. The Bertz CT molecular complexity index is 5130. The number of hydrogen-bond acceptors (Lipinski definition) is 17. The van der Waals surface area contributed by atoms with Crippen molar-refractivity contribution in [3.8, 4) is 5.75 Å². The SMILES string of the molecule is CCOC(=O)c1c(N2CCN(C(=O)c3ccc(F)cc3)CC2)c2cc(Cl)ccc2n(C)c1=O.CCOC(=O)c1c(N2CCN(C(=O)c3ccc(OC)cc3)CC2)c2cc(C)ccc2n(Cc2ccc(F)cc2)c1=O.CCOC(=O)c1c(N2CCN(C(=O)c3cccs3)CC2)c2cc(Cl)ccc2n(C)c1=O. The van der Waals surface area contributed by atoms with Crippen LogP contribution in [-0.2, 0) is 34.9 Å². The first-order valence-corrected chi connectivity index (χ1v) is 35.8. The summed E-state index contributed by atoms with van der Waals surface area (Å²) in [5.74, 6) is -2.43. The van der Waals surface area contributed by atoms with Gasteiger partial charge in [0.1, 0.15) is 34.1 Å². The predicted octanol–water partition coefficient (Wildman–Crippen LogP) is 11.5. The Labute approximate surface area is 617 Å². The fourth-order valence-electron chi connectivity index (χ4n) is 13.3. The first-order valence-electron chi connectivity index (χ1n) is 34.2. The second-order valence-corrected chi connectivity index (χ2v) is 26.8. The molecule has 3 aliphatic heterocycles. The molecule has 6 aromatic carbocycles. The van der Waals surface area contributed by atoms with Gasteiger partial charge in [-0.25, -0.2) is 23.2 Å². The minimum absolute atomic E-state index is 0.00264. The Hall–Kier alpha value is -10.9. The molecular weight excluding hydrogens is 1410 g/mol. The van der Waals surface area contributed by atoms with Gasteiger partial charge in [0.05, 0.1) is 72.0 Å². The summed E-state index contributed by atoms with van der Waals surface area (Å²) in [5, 5.41) is 4.97. The van der Waals surface area contributed by atoms with Gasteiger partial charge in [0.15, 0.2) is 0 Å². The van der Waals surface area contributed by atoms with Crippen LogP contribution < -0.4 is 36.1 Å². The molecule has 3 saturated heterocycles. The lowest BCUT2D eigenvalue weighted by Crippen LogP contribution is -2.49. The number of halogens is 4. The maximum Gasteiger partial charge on any atom is 0.345 e. The summed E-state index contributed by atoms with van der Waals surface area (Å²) in [7, 11) is 4.81. The smallest absolute Gasteiger partial charge is 0.345 e. The number of methoxy groups -OCH3 is 1. The van der Waals surface area contributed by atoms with E-state index in [0.717, 1.165) is 16.5 Å². The highest BCUT2D eigenvalue weighted by Crippen LogP contribution is 2.36. The molecule has 0 bridgehead atoms. The van der Waals surface area contributed by atoms with Crippen LogP contribution in [0.3, 0.4) is 0 Å². The van der Waals surface area contributed by atoms with E-state index in [1.165, 1.54) is 56.9 Å². The highest BCUT2D eigenvalue weighted by atomic mass is 35.5. The van der Waals surface area contributed by atoms with E-state index >= 15 is 0 Å². The van der Waals surface area contributed by atoms with Crippen molar-refractivity contribution >= 4 is 120 Å². The maximum absolute atomic E-state index is 14.0. The molecule has 546 valence electrons. The number of amides is 3. The number of thiophene rings is 1. The van der Waals surface area contributed by atoms with Crippen LogP contribution in [-0.4, -0.2) is 169 Å². The Kier molecular flexibility index (Phi) is 23.8. The molecule has 0 spiro atoms. The van der Waals surface area contributed by atoms with E-state index in [2.05, 4.69) is 0 Å². The number of aromatic nitrogens is 3. The van der Waals surface area contributed by atoms with Crippen molar-refractivity contribution in [2.24, 2.45) is 14.1 Å². The summed E-state index contributed by atoms with van der Waals surface area (Å²) < 4.78 is 52.1. The summed E-state index contributed by atoms with van der Waals surface area (Å²) in [6.45, 7) is 12.8. The van der Waals surface area contributed by atoms with Crippen molar-refractivity contribution in [3.63, 3.8) is 0 Å². The molecule has 27 heteroatoms. The van der Waals surface area contributed by atoms with Gasteiger partial charge < -0.3 is 62.0 Å². The molecule has 105 heavy (non-hydrogen) atoms. The van der Waals surface area contributed by atoms with E-state index in [0.29, 0.717) is 155 Å². The number of pyridine rings is 3. The van der Waals surface area contributed by atoms with E-state index in [1.54, 1.807) is 134 Å². The van der Waals surface area contributed by atoms with Crippen molar-refractivity contribution in [3.05, 3.63) is 241 Å². The van der Waals surface area contributed by atoms with Gasteiger partial charge in [-0.1, -0.05) is 53.0 Å². The van der Waals surface area contributed by atoms with E-state index in [1.807, 2.05) is 57.3 Å². The molecule has 0 radical (unpaired) electrons. The van der Waals surface area contributed by atoms with Gasteiger partial charge in [0, 0.05) is 130 Å². The lowest BCUT2D eigenvalue weighted by molar-refractivity contribution is 0.0514. The first kappa shape index (κ1) is 75.3. The number of piperazine rings is 3. The zero-order valence-electron chi connectivity index (χ0n) is 58.9. The number of nitrogens with zero attached hydrogens (tertiary/aromatic N) is 9. The standard InChI is InChI=1S/C32H32FN3O5.C24H23ClFN3O4.C22H22ClN3O4S/c1-4-41-32(39)28-29(34-15-17-35(18-16-34)30(37)23-8-12-25(40-3)13-9-23)26-19-21(2)5-14-27(26)36(31(28)38)20-22-6-10-24(33)11-7-22;1-3-33-24(32)20-21(18-14-16(25)6-9-19(18)27(2)23(20)31)28-10-12-29(13-11-28)22(30)15-4-7-17(26)8-5-15;1-3-30-22(29)18-19(15-13-14(23)6-7-16(15)24(2)21(18)28)25-8-10-26(11-9-25)20(27)17-5-4-12-31-17/h5-14,19H,4,15-18,20H2,1-3H3;4-9,14H,3,10-13H2,1-2H3;4-7,12-13H,3,8-11H2,1-2H3. The molecule has 0 atom stereocenters. The average Bonchev–Trinajstić information content (AvgIpc) is 0.834. The molecule has 13 rings (SSSR count).